The van der Waals surface area contributed by atoms with E-state index in [-0.39, 0.29) is 0 Å². The predicted molar refractivity (Wildman–Crippen MR) is 99.2 cm³/mol. The van der Waals surface area contributed by atoms with Crippen molar-refractivity contribution in [2.75, 3.05) is 0 Å². The second-order valence-corrected chi connectivity index (χ2v) is 7.06. The van der Waals surface area contributed by atoms with Crippen molar-refractivity contribution in [3.63, 3.8) is 0 Å². The van der Waals surface area contributed by atoms with Gasteiger partial charge in [0.05, 0.1) is 15.7 Å². The van der Waals surface area contributed by atoms with Crippen LogP contribution < -0.4 is 0 Å². The molecule has 0 N–H and O–H groups in total. The standard InChI is InChI=1S/C20H21Cl2N/c1-2-3-14-4-6-15(7-5-14)17-9-11-20(23-13-17)16-8-10-18(21)19(22)12-16/h2-3,8-15H,4-7H2,1H3/b3-2+/t14-,15-. The maximum Gasteiger partial charge on any atom is 0.0702 e. The predicted octanol–water partition coefficient (Wildman–Crippen LogP) is 6.91. The monoisotopic (exact) mass is 345 g/mol. The van der Waals surface area contributed by atoms with Crippen molar-refractivity contribution in [2.24, 2.45) is 5.92 Å². The molecule has 0 unspecified atom stereocenters. The third-order valence-corrected chi connectivity index (χ3v) is 5.45. The minimum Gasteiger partial charge on any atom is -0.256 e. The summed E-state index contributed by atoms with van der Waals surface area (Å²) in [6.45, 7) is 2.11. The Balaban J connectivity index is 1.71. The molecule has 2 aromatic rings. The van der Waals surface area contributed by atoms with Crippen molar-refractivity contribution in [2.45, 2.75) is 38.5 Å². The molecule has 0 radical (unpaired) electrons. The number of aromatic nitrogens is 1. The highest BCUT2D eigenvalue weighted by Crippen LogP contribution is 2.36. The Morgan fingerprint density at radius 2 is 1.78 bits per heavy atom. The van der Waals surface area contributed by atoms with Crippen LogP contribution in [0.5, 0.6) is 0 Å². The Morgan fingerprint density at radius 1 is 1.00 bits per heavy atom. The van der Waals surface area contributed by atoms with E-state index in [9.17, 15) is 0 Å². The van der Waals surface area contributed by atoms with Gasteiger partial charge in [-0.05, 0) is 68.2 Å². The van der Waals surface area contributed by atoms with E-state index in [1.54, 1.807) is 0 Å². The molecule has 1 nitrogen and oxygen atoms in total. The molecule has 1 aromatic carbocycles. The number of hydrogen-bond acceptors (Lipinski definition) is 1. The van der Waals surface area contributed by atoms with Gasteiger partial charge < -0.3 is 0 Å². The number of pyridine rings is 1. The first-order valence-electron chi connectivity index (χ1n) is 8.21. The molecule has 0 saturated heterocycles. The molecule has 0 spiro atoms. The smallest absolute Gasteiger partial charge is 0.0702 e. The fraction of sp³-hybridized carbons (Fsp3) is 0.350. The molecule has 1 aliphatic rings. The Bertz CT molecular complexity index is 683. The van der Waals surface area contributed by atoms with Crippen molar-refractivity contribution >= 4 is 23.2 Å². The van der Waals surface area contributed by atoms with E-state index in [2.05, 4.69) is 36.2 Å². The lowest BCUT2D eigenvalue weighted by Gasteiger charge is -2.26. The van der Waals surface area contributed by atoms with Crippen LogP contribution in [0.2, 0.25) is 10.0 Å². The van der Waals surface area contributed by atoms with Gasteiger partial charge in [-0.1, -0.05) is 47.5 Å². The van der Waals surface area contributed by atoms with Gasteiger partial charge in [-0.25, -0.2) is 0 Å². The van der Waals surface area contributed by atoms with Gasteiger partial charge in [0.1, 0.15) is 0 Å². The lowest BCUT2D eigenvalue weighted by molar-refractivity contribution is 0.375. The summed E-state index contributed by atoms with van der Waals surface area (Å²) < 4.78 is 0. The Hall–Kier alpha value is -1.31. The molecule has 1 fully saturated rings. The maximum absolute atomic E-state index is 6.09. The Kier molecular flexibility index (Phi) is 5.40. The van der Waals surface area contributed by atoms with Gasteiger partial charge in [-0.3, -0.25) is 4.98 Å². The summed E-state index contributed by atoms with van der Waals surface area (Å²) in [6.07, 6.45) is 11.6. The van der Waals surface area contributed by atoms with Crippen molar-refractivity contribution in [1.82, 2.24) is 4.98 Å². The van der Waals surface area contributed by atoms with Gasteiger partial charge in [0.25, 0.3) is 0 Å². The molecule has 1 aromatic heterocycles. The zero-order valence-electron chi connectivity index (χ0n) is 13.3. The van der Waals surface area contributed by atoms with Crippen LogP contribution in [0.4, 0.5) is 0 Å². The average Bonchev–Trinajstić information content (AvgIpc) is 2.59. The van der Waals surface area contributed by atoms with Gasteiger partial charge in [0, 0.05) is 11.8 Å². The second-order valence-electron chi connectivity index (χ2n) is 6.24. The fourth-order valence-electron chi connectivity index (χ4n) is 3.39. The highest BCUT2D eigenvalue weighted by molar-refractivity contribution is 6.42. The van der Waals surface area contributed by atoms with Crippen LogP contribution in [0, 0.1) is 5.92 Å². The molecular formula is C20H21Cl2N. The Morgan fingerprint density at radius 3 is 2.39 bits per heavy atom. The summed E-state index contributed by atoms with van der Waals surface area (Å²) in [5.41, 5.74) is 3.30. The van der Waals surface area contributed by atoms with E-state index in [0.29, 0.717) is 16.0 Å². The minimum atomic E-state index is 0.567. The molecule has 1 saturated carbocycles. The summed E-state index contributed by atoms with van der Waals surface area (Å²) in [6, 6.07) is 9.95. The first-order chi connectivity index (χ1) is 11.2. The summed E-state index contributed by atoms with van der Waals surface area (Å²) in [4.78, 5) is 4.63. The molecular weight excluding hydrogens is 325 g/mol. The molecule has 1 heterocycles. The van der Waals surface area contributed by atoms with E-state index in [1.807, 2.05) is 24.4 Å². The molecule has 3 rings (SSSR count). The highest BCUT2D eigenvalue weighted by Gasteiger charge is 2.21. The van der Waals surface area contributed by atoms with E-state index < -0.39 is 0 Å². The molecule has 0 bridgehead atoms. The van der Waals surface area contributed by atoms with E-state index in [1.165, 1.54) is 31.2 Å². The minimum absolute atomic E-state index is 0.567. The van der Waals surface area contributed by atoms with E-state index >= 15 is 0 Å². The van der Waals surface area contributed by atoms with Crippen LogP contribution >= 0.6 is 23.2 Å². The summed E-state index contributed by atoms with van der Waals surface area (Å²) >= 11 is 12.1. The third-order valence-electron chi connectivity index (χ3n) is 4.71. The SMILES string of the molecule is C/C=C/[C@H]1CC[C@H](c2ccc(-c3ccc(Cl)c(Cl)c3)nc2)CC1. The van der Waals surface area contributed by atoms with Gasteiger partial charge in [0.15, 0.2) is 0 Å². The first-order valence-corrected chi connectivity index (χ1v) is 8.97. The van der Waals surface area contributed by atoms with Crippen LogP contribution in [0.3, 0.4) is 0 Å². The van der Waals surface area contributed by atoms with Crippen molar-refractivity contribution in [3.8, 4) is 11.3 Å². The number of rotatable bonds is 3. The topological polar surface area (TPSA) is 12.9 Å². The van der Waals surface area contributed by atoms with E-state index in [0.717, 1.165) is 17.2 Å². The van der Waals surface area contributed by atoms with Crippen molar-refractivity contribution in [3.05, 3.63) is 64.3 Å². The quantitative estimate of drug-likeness (QED) is 0.551. The fourth-order valence-corrected chi connectivity index (χ4v) is 3.69. The number of hydrogen-bond donors (Lipinski definition) is 0. The highest BCUT2D eigenvalue weighted by atomic mass is 35.5. The number of allylic oxidation sites excluding steroid dienone is 2. The number of benzene rings is 1. The van der Waals surface area contributed by atoms with Gasteiger partial charge in [0.2, 0.25) is 0 Å². The maximum atomic E-state index is 6.09. The zero-order chi connectivity index (χ0) is 16.2. The largest absolute Gasteiger partial charge is 0.256 e. The molecule has 120 valence electrons. The summed E-state index contributed by atoms with van der Waals surface area (Å²) in [5.74, 6) is 1.41. The lowest BCUT2D eigenvalue weighted by atomic mass is 9.79. The normalized spacial score (nSPS) is 21.7. The first kappa shape index (κ1) is 16.5. The third kappa shape index (κ3) is 3.97. The van der Waals surface area contributed by atoms with Gasteiger partial charge >= 0.3 is 0 Å². The lowest BCUT2D eigenvalue weighted by Crippen LogP contribution is -2.11. The number of halogens is 2. The number of nitrogens with zero attached hydrogens (tertiary/aromatic N) is 1. The molecule has 0 amide bonds. The van der Waals surface area contributed by atoms with Crippen LogP contribution in [-0.2, 0) is 0 Å². The molecule has 0 aliphatic heterocycles. The van der Waals surface area contributed by atoms with Crippen LogP contribution in [0.1, 0.15) is 44.1 Å². The molecule has 3 heteroatoms. The Labute approximate surface area is 148 Å². The van der Waals surface area contributed by atoms with Crippen molar-refractivity contribution < 1.29 is 0 Å². The summed E-state index contributed by atoms with van der Waals surface area (Å²) in [5, 5.41) is 1.14. The zero-order valence-corrected chi connectivity index (χ0v) is 14.8. The molecule has 0 atom stereocenters. The van der Waals surface area contributed by atoms with Crippen LogP contribution in [0.25, 0.3) is 11.3 Å². The van der Waals surface area contributed by atoms with Gasteiger partial charge in [-0.15, -0.1) is 0 Å². The average molecular weight is 346 g/mol. The summed E-state index contributed by atoms with van der Waals surface area (Å²) in [7, 11) is 0. The second kappa shape index (κ2) is 7.51. The molecule has 23 heavy (non-hydrogen) atoms. The van der Waals surface area contributed by atoms with Gasteiger partial charge in [-0.2, -0.15) is 0 Å². The van der Waals surface area contributed by atoms with E-state index in [4.69, 9.17) is 23.2 Å². The van der Waals surface area contributed by atoms with Crippen LogP contribution in [-0.4, -0.2) is 4.98 Å². The molecule has 1 aliphatic carbocycles. The van der Waals surface area contributed by atoms with Crippen LogP contribution in [0.15, 0.2) is 48.7 Å². The van der Waals surface area contributed by atoms with Crippen molar-refractivity contribution in [1.29, 1.82) is 0 Å².